The SMILES string of the molecule is CC(NS(=O)(=O)c1ccc(Oc2ccc(C(=O)NC(=N)N)cc2S(C)(=O)=O)cc1)C1CCCN1C.Cl.Cl. The second kappa shape index (κ2) is 12.9. The number of halogens is 2. The number of rotatable bonds is 8. The number of sulfonamides is 1. The lowest BCUT2D eigenvalue weighted by Gasteiger charge is -2.26. The number of sulfone groups is 1. The summed E-state index contributed by atoms with van der Waals surface area (Å²) in [5.41, 5.74) is 5.13. The molecule has 1 aliphatic rings. The number of hydrogen-bond donors (Lipinski definition) is 4. The highest BCUT2D eigenvalue weighted by Crippen LogP contribution is 2.30. The number of nitrogens with zero attached hydrogens (tertiary/aromatic N) is 1. The second-order valence-electron chi connectivity index (χ2n) is 8.48. The summed E-state index contributed by atoms with van der Waals surface area (Å²) in [4.78, 5) is 14.0. The van der Waals surface area contributed by atoms with E-state index in [0.29, 0.717) is 0 Å². The van der Waals surface area contributed by atoms with Crippen molar-refractivity contribution in [1.82, 2.24) is 14.9 Å². The minimum atomic E-state index is -3.80. The molecule has 2 aromatic carbocycles. The molecule has 1 fully saturated rings. The van der Waals surface area contributed by atoms with Crippen molar-refractivity contribution in [2.75, 3.05) is 19.8 Å². The zero-order chi connectivity index (χ0) is 26.0. The molecule has 0 aliphatic carbocycles. The monoisotopic (exact) mass is 595 g/mol. The van der Waals surface area contributed by atoms with Gasteiger partial charge in [-0.25, -0.2) is 21.6 Å². The first kappa shape index (κ1) is 32.6. The molecule has 1 aliphatic heterocycles. The molecule has 5 N–H and O–H groups in total. The number of carbonyl (C=O) groups excluding carboxylic acids is 1. The molecule has 2 unspecified atom stereocenters. The quantitative estimate of drug-likeness (QED) is 0.265. The summed E-state index contributed by atoms with van der Waals surface area (Å²) in [6, 6.07) is 9.19. The molecule has 206 valence electrons. The van der Waals surface area contributed by atoms with Gasteiger partial charge in [0, 0.05) is 23.9 Å². The van der Waals surface area contributed by atoms with Gasteiger partial charge in [0.15, 0.2) is 15.8 Å². The molecule has 0 aromatic heterocycles. The average Bonchev–Trinajstić information content (AvgIpc) is 3.19. The van der Waals surface area contributed by atoms with Gasteiger partial charge in [-0.15, -0.1) is 24.8 Å². The predicted molar refractivity (Wildman–Crippen MR) is 145 cm³/mol. The first-order valence-electron chi connectivity index (χ1n) is 10.8. The Bertz CT molecular complexity index is 1340. The molecular weight excluding hydrogens is 565 g/mol. The van der Waals surface area contributed by atoms with Crippen LogP contribution in [0.3, 0.4) is 0 Å². The highest BCUT2D eigenvalue weighted by atomic mass is 35.5. The highest BCUT2D eigenvalue weighted by Gasteiger charge is 2.29. The number of guanidine groups is 1. The summed E-state index contributed by atoms with van der Waals surface area (Å²) in [7, 11) is -5.59. The molecule has 37 heavy (non-hydrogen) atoms. The zero-order valence-corrected chi connectivity index (χ0v) is 23.7. The smallest absolute Gasteiger partial charge is 0.257 e. The molecule has 0 radical (unpaired) electrons. The number of carbonyl (C=O) groups is 1. The summed E-state index contributed by atoms with van der Waals surface area (Å²) in [6.07, 6.45) is 2.91. The van der Waals surface area contributed by atoms with Crippen LogP contribution in [0.5, 0.6) is 11.5 Å². The van der Waals surface area contributed by atoms with Gasteiger partial charge < -0.3 is 15.4 Å². The molecular formula is C22H31Cl2N5O6S2. The van der Waals surface area contributed by atoms with E-state index in [4.69, 9.17) is 15.9 Å². The van der Waals surface area contributed by atoms with Crippen molar-refractivity contribution in [3.63, 3.8) is 0 Å². The molecule has 2 aromatic rings. The maximum Gasteiger partial charge on any atom is 0.257 e. The van der Waals surface area contributed by atoms with Gasteiger partial charge in [0.2, 0.25) is 10.0 Å². The van der Waals surface area contributed by atoms with Gasteiger partial charge in [0.05, 0.1) is 4.90 Å². The molecule has 2 atom stereocenters. The Morgan fingerprint density at radius 1 is 1.14 bits per heavy atom. The number of likely N-dealkylation sites (tertiary alicyclic amines) is 1. The maximum atomic E-state index is 12.8. The van der Waals surface area contributed by atoms with Crippen LogP contribution < -0.4 is 20.5 Å². The Morgan fingerprint density at radius 3 is 2.27 bits per heavy atom. The summed E-state index contributed by atoms with van der Waals surface area (Å²) < 4.78 is 58.7. The lowest BCUT2D eigenvalue weighted by molar-refractivity contribution is 0.0976. The predicted octanol–water partition coefficient (Wildman–Crippen LogP) is 2.11. The number of nitrogens with two attached hydrogens (primary N) is 1. The van der Waals surface area contributed by atoms with E-state index in [1.54, 1.807) is 0 Å². The normalized spacial score (nSPS) is 16.7. The van der Waals surface area contributed by atoms with Gasteiger partial charge in [0.1, 0.15) is 16.4 Å². The van der Waals surface area contributed by atoms with Crippen molar-refractivity contribution in [2.24, 2.45) is 5.73 Å². The number of amides is 1. The third-order valence-electron chi connectivity index (χ3n) is 5.71. The molecule has 1 amide bonds. The molecule has 0 spiro atoms. The molecule has 0 saturated carbocycles. The van der Waals surface area contributed by atoms with Gasteiger partial charge >= 0.3 is 0 Å². The van der Waals surface area contributed by atoms with E-state index in [0.717, 1.165) is 31.7 Å². The van der Waals surface area contributed by atoms with Gasteiger partial charge in [-0.3, -0.25) is 15.5 Å². The van der Waals surface area contributed by atoms with Crippen LogP contribution in [-0.4, -0.2) is 65.5 Å². The molecule has 1 saturated heterocycles. The van der Waals surface area contributed by atoms with Crippen molar-refractivity contribution < 1.29 is 26.4 Å². The van der Waals surface area contributed by atoms with Gasteiger partial charge in [-0.1, -0.05) is 0 Å². The van der Waals surface area contributed by atoms with Crippen LogP contribution in [0, 0.1) is 5.41 Å². The molecule has 3 rings (SSSR count). The van der Waals surface area contributed by atoms with Crippen LogP contribution in [0.4, 0.5) is 0 Å². The van der Waals surface area contributed by atoms with Crippen LogP contribution >= 0.6 is 24.8 Å². The van der Waals surface area contributed by atoms with Gasteiger partial charge in [-0.2, -0.15) is 0 Å². The minimum absolute atomic E-state index is 0. The van der Waals surface area contributed by atoms with E-state index in [-0.39, 0.29) is 63.8 Å². The Hall–Kier alpha value is -2.42. The Kier molecular flexibility index (Phi) is 11.4. The molecule has 15 heteroatoms. The largest absolute Gasteiger partial charge is 0.456 e. The van der Waals surface area contributed by atoms with Crippen molar-refractivity contribution in [1.29, 1.82) is 5.41 Å². The van der Waals surface area contributed by atoms with Crippen molar-refractivity contribution in [3.8, 4) is 11.5 Å². The van der Waals surface area contributed by atoms with Gasteiger partial charge in [0.25, 0.3) is 5.91 Å². The van der Waals surface area contributed by atoms with Crippen molar-refractivity contribution in [3.05, 3.63) is 48.0 Å². The summed E-state index contributed by atoms with van der Waals surface area (Å²) in [5, 5.41) is 9.23. The van der Waals surface area contributed by atoms with E-state index >= 15 is 0 Å². The lowest BCUT2D eigenvalue weighted by atomic mass is 10.1. The number of nitrogens with one attached hydrogen (secondary N) is 3. The van der Waals surface area contributed by atoms with E-state index in [1.807, 2.05) is 14.0 Å². The highest BCUT2D eigenvalue weighted by molar-refractivity contribution is 7.90. The van der Waals surface area contributed by atoms with E-state index < -0.39 is 31.7 Å². The number of hydrogen-bond acceptors (Lipinski definition) is 8. The fourth-order valence-electron chi connectivity index (χ4n) is 3.99. The summed E-state index contributed by atoms with van der Waals surface area (Å²) >= 11 is 0. The summed E-state index contributed by atoms with van der Waals surface area (Å²) in [6.45, 7) is 2.77. The molecule has 11 nitrogen and oxygen atoms in total. The first-order chi connectivity index (χ1) is 16.3. The van der Waals surface area contributed by atoms with Crippen molar-refractivity contribution >= 4 is 56.5 Å². The lowest BCUT2D eigenvalue weighted by Crippen LogP contribution is -2.45. The van der Waals surface area contributed by atoms with Gasteiger partial charge in [-0.05, 0) is 75.8 Å². The van der Waals surface area contributed by atoms with E-state index in [9.17, 15) is 21.6 Å². The Labute approximate surface area is 229 Å². The third kappa shape index (κ3) is 8.28. The van der Waals surface area contributed by atoms with Crippen molar-refractivity contribution in [2.45, 2.75) is 41.6 Å². The Morgan fingerprint density at radius 2 is 1.76 bits per heavy atom. The van der Waals surface area contributed by atoms with Crippen LogP contribution in [-0.2, 0) is 19.9 Å². The molecule has 0 bridgehead atoms. The van der Waals surface area contributed by atoms with Crippen LogP contribution in [0.15, 0.2) is 52.3 Å². The second-order valence-corrected chi connectivity index (χ2v) is 12.2. The fraction of sp³-hybridized carbons (Fsp3) is 0.364. The maximum absolute atomic E-state index is 12.8. The van der Waals surface area contributed by atoms with Crippen LogP contribution in [0.1, 0.15) is 30.1 Å². The van der Waals surface area contributed by atoms with Crippen LogP contribution in [0.2, 0.25) is 0 Å². The average molecular weight is 597 g/mol. The number of ether oxygens (including phenoxy) is 1. The first-order valence-corrected chi connectivity index (χ1v) is 14.2. The summed E-state index contributed by atoms with van der Waals surface area (Å²) in [5.74, 6) is -1.16. The third-order valence-corrected chi connectivity index (χ3v) is 8.40. The zero-order valence-electron chi connectivity index (χ0n) is 20.4. The minimum Gasteiger partial charge on any atom is -0.456 e. The fourth-order valence-corrected chi connectivity index (χ4v) is 6.08. The van der Waals surface area contributed by atoms with E-state index in [1.165, 1.54) is 36.4 Å². The van der Waals surface area contributed by atoms with E-state index in [2.05, 4.69) is 14.9 Å². The topological polar surface area (TPSA) is 172 Å². The van der Waals surface area contributed by atoms with Crippen LogP contribution in [0.25, 0.3) is 0 Å². The number of benzene rings is 2. The standard InChI is InChI=1S/C22H29N5O6S2.2ClH/c1-14(18-5-4-12-27(18)2)26-35(31,32)17-9-7-16(8-10-17)33-19-11-6-15(21(28)25-22(23)24)13-20(19)34(3,29)30;;/h6-11,13-14,18,26H,4-5,12H2,1-3H3,(H4,23,24,25,28);2*1H. The number of likely N-dealkylation sites (N-methyl/N-ethyl adjacent to an activating group) is 1. The molecule has 1 heterocycles. The Balaban J connectivity index is 0.00000342.